The van der Waals surface area contributed by atoms with Crippen molar-refractivity contribution in [2.24, 2.45) is 0 Å². The van der Waals surface area contributed by atoms with Crippen LogP contribution in [0.1, 0.15) is 52.0 Å². The molecule has 1 amide bonds. The first-order valence-corrected chi connectivity index (χ1v) is 14.8. The highest BCUT2D eigenvalue weighted by atomic mass is 32.2. The summed E-state index contributed by atoms with van der Waals surface area (Å²) in [7, 11) is -3.58. The van der Waals surface area contributed by atoms with Crippen molar-refractivity contribution < 1.29 is 13.2 Å². The van der Waals surface area contributed by atoms with E-state index in [2.05, 4.69) is 29.2 Å². The third-order valence-electron chi connectivity index (χ3n) is 6.35. The van der Waals surface area contributed by atoms with E-state index in [1.165, 1.54) is 17.3 Å². The van der Waals surface area contributed by atoms with E-state index in [1.54, 1.807) is 12.1 Å². The van der Waals surface area contributed by atoms with Gasteiger partial charge in [-0.15, -0.1) is 0 Å². The van der Waals surface area contributed by atoms with E-state index in [1.807, 2.05) is 36.1 Å². The van der Waals surface area contributed by atoms with Crippen LogP contribution in [-0.4, -0.2) is 42.2 Å². The van der Waals surface area contributed by atoms with Crippen molar-refractivity contribution in [3.05, 3.63) is 48.0 Å². The molecule has 0 saturated carbocycles. The molecular weight excluding hydrogens is 480 g/mol. The summed E-state index contributed by atoms with van der Waals surface area (Å²) >= 11 is 1.42. The Hall–Kier alpha value is -2.36. The maximum Gasteiger partial charge on any atom is 0.240 e. The Morgan fingerprint density at radius 1 is 1.14 bits per heavy atom. The molecule has 3 aromatic rings. The Morgan fingerprint density at radius 3 is 2.69 bits per heavy atom. The number of nitrogens with one attached hydrogen (secondary N) is 1. The molecule has 0 saturated heterocycles. The molecule has 9 heteroatoms. The van der Waals surface area contributed by atoms with Crippen LogP contribution >= 0.6 is 11.8 Å². The maximum absolute atomic E-state index is 13.2. The van der Waals surface area contributed by atoms with Gasteiger partial charge < -0.3 is 9.47 Å². The molecule has 1 aliphatic heterocycles. The largest absolute Gasteiger partial charge is 0.319 e. The van der Waals surface area contributed by atoms with E-state index in [4.69, 9.17) is 4.98 Å². The van der Waals surface area contributed by atoms with Crippen LogP contribution in [0.5, 0.6) is 0 Å². The van der Waals surface area contributed by atoms with Gasteiger partial charge in [0.2, 0.25) is 15.9 Å². The van der Waals surface area contributed by atoms with Crippen LogP contribution in [-0.2, 0) is 27.8 Å². The molecule has 35 heavy (non-hydrogen) atoms. The van der Waals surface area contributed by atoms with Crippen molar-refractivity contribution in [2.45, 2.75) is 75.5 Å². The fourth-order valence-electron chi connectivity index (χ4n) is 4.51. The van der Waals surface area contributed by atoms with Crippen molar-refractivity contribution in [3.63, 3.8) is 0 Å². The Balaban J connectivity index is 1.57. The fourth-order valence-corrected chi connectivity index (χ4v) is 6.50. The highest BCUT2D eigenvalue weighted by Crippen LogP contribution is 2.33. The minimum atomic E-state index is -3.58. The molecule has 0 radical (unpaired) electrons. The molecule has 188 valence electrons. The molecule has 0 bridgehead atoms. The van der Waals surface area contributed by atoms with Gasteiger partial charge in [-0.05, 0) is 56.0 Å². The number of amides is 1. The summed E-state index contributed by atoms with van der Waals surface area (Å²) in [5, 5.41) is 0.746. The summed E-state index contributed by atoms with van der Waals surface area (Å²) in [6.45, 7) is 7.43. The Labute approximate surface area is 212 Å². The van der Waals surface area contributed by atoms with Crippen LogP contribution in [0.4, 0.5) is 5.69 Å². The monoisotopic (exact) mass is 514 g/mol. The van der Waals surface area contributed by atoms with E-state index in [0.717, 1.165) is 55.0 Å². The minimum absolute atomic E-state index is 0.0601. The molecule has 0 aliphatic carbocycles. The number of fused-ring (bicyclic) bond motifs is 2. The van der Waals surface area contributed by atoms with Crippen molar-refractivity contribution in [1.82, 2.24) is 14.3 Å². The number of rotatable bonds is 11. The number of nitrogens with zero attached hydrogens (tertiary/aromatic N) is 3. The maximum atomic E-state index is 13.2. The number of carbonyl (C=O) groups is 1. The second kappa shape index (κ2) is 11.1. The van der Waals surface area contributed by atoms with Gasteiger partial charge in [-0.25, -0.2) is 18.1 Å². The van der Waals surface area contributed by atoms with Crippen molar-refractivity contribution in [2.75, 3.05) is 17.2 Å². The minimum Gasteiger partial charge on any atom is -0.319 e. The molecule has 2 aromatic carbocycles. The quantitative estimate of drug-likeness (QED) is 0.288. The summed E-state index contributed by atoms with van der Waals surface area (Å²) in [6.07, 6.45) is 4.58. The number of sulfonamides is 1. The Bertz CT molecular complexity index is 1300. The van der Waals surface area contributed by atoms with E-state index >= 15 is 0 Å². The molecule has 1 atom stereocenters. The number of benzene rings is 2. The van der Waals surface area contributed by atoms with Crippen molar-refractivity contribution in [3.8, 4) is 0 Å². The van der Waals surface area contributed by atoms with Crippen LogP contribution in [0, 0.1) is 0 Å². The van der Waals surface area contributed by atoms with Crippen LogP contribution < -0.4 is 9.62 Å². The fraction of sp³-hybridized carbons (Fsp3) is 0.462. The lowest BCUT2D eigenvalue weighted by atomic mass is 10.1. The smallest absolute Gasteiger partial charge is 0.240 e. The predicted octanol–water partition coefficient (Wildman–Crippen LogP) is 4.98. The lowest BCUT2D eigenvalue weighted by molar-refractivity contribution is -0.116. The number of carbonyl (C=O) groups excluding carboxylic acids is 1. The topological polar surface area (TPSA) is 84.3 Å². The number of imidazole rings is 1. The van der Waals surface area contributed by atoms with Gasteiger partial charge in [-0.2, -0.15) is 0 Å². The first-order chi connectivity index (χ1) is 16.9. The molecule has 4 rings (SSSR count). The zero-order valence-corrected chi connectivity index (χ0v) is 22.3. The highest BCUT2D eigenvalue weighted by molar-refractivity contribution is 7.99. The third kappa shape index (κ3) is 5.57. The van der Waals surface area contributed by atoms with Gasteiger partial charge in [-0.1, -0.05) is 56.7 Å². The molecule has 0 spiro atoms. The number of aryl methyl sites for hydroxylation is 1. The number of anilines is 1. The molecule has 7 nitrogen and oxygen atoms in total. The molecule has 1 aliphatic rings. The average molecular weight is 515 g/mol. The first-order valence-electron chi connectivity index (χ1n) is 12.4. The van der Waals surface area contributed by atoms with Gasteiger partial charge in [-0.3, -0.25) is 4.79 Å². The van der Waals surface area contributed by atoms with Crippen LogP contribution in [0.15, 0.2) is 52.5 Å². The average Bonchev–Trinajstić information content (AvgIpc) is 3.37. The summed E-state index contributed by atoms with van der Waals surface area (Å²) in [5.74, 6) is 0.336. The highest BCUT2D eigenvalue weighted by Gasteiger charge is 2.30. The first kappa shape index (κ1) is 25.7. The lowest BCUT2D eigenvalue weighted by Gasteiger charge is -2.22. The van der Waals surface area contributed by atoms with E-state index in [9.17, 15) is 13.2 Å². The van der Waals surface area contributed by atoms with Gasteiger partial charge in [0, 0.05) is 24.8 Å². The third-order valence-corrected chi connectivity index (χ3v) is 8.77. The summed E-state index contributed by atoms with van der Waals surface area (Å²) < 4.78 is 30.2. The summed E-state index contributed by atoms with van der Waals surface area (Å²) in [4.78, 5) is 20.1. The molecule has 2 heterocycles. The number of para-hydroxylation sites is 1. The summed E-state index contributed by atoms with van der Waals surface area (Å²) in [6, 6.07) is 13.3. The van der Waals surface area contributed by atoms with Crippen LogP contribution in [0.3, 0.4) is 0 Å². The van der Waals surface area contributed by atoms with E-state index < -0.39 is 10.0 Å². The predicted molar refractivity (Wildman–Crippen MR) is 143 cm³/mol. The normalized spacial score (nSPS) is 15.6. The zero-order valence-electron chi connectivity index (χ0n) is 20.7. The molecule has 0 unspecified atom stereocenters. The SMILES string of the molecule is CCCCNS(=O)(=O)c1ccc2c(c1)nc(SCC(=O)N1c3ccccc3C[C@H]1C)n2CCCC. The molecule has 1 aromatic heterocycles. The van der Waals surface area contributed by atoms with Crippen LogP contribution in [0.2, 0.25) is 0 Å². The molecule has 0 fully saturated rings. The lowest BCUT2D eigenvalue weighted by Crippen LogP contribution is -2.37. The summed E-state index contributed by atoms with van der Waals surface area (Å²) in [5.41, 5.74) is 3.72. The van der Waals surface area contributed by atoms with Gasteiger partial charge in [0.25, 0.3) is 0 Å². The number of hydrogen-bond acceptors (Lipinski definition) is 5. The van der Waals surface area contributed by atoms with Crippen molar-refractivity contribution >= 4 is 44.4 Å². The second-order valence-corrected chi connectivity index (χ2v) is 11.7. The van der Waals surface area contributed by atoms with Gasteiger partial charge >= 0.3 is 0 Å². The Morgan fingerprint density at radius 2 is 1.91 bits per heavy atom. The molecular formula is C26H34N4O3S2. The number of unbranched alkanes of at least 4 members (excludes halogenated alkanes) is 2. The van der Waals surface area contributed by atoms with E-state index in [0.29, 0.717) is 12.1 Å². The van der Waals surface area contributed by atoms with Gasteiger partial charge in [0.1, 0.15) is 0 Å². The van der Waals surface area contributed by atoms with Gasteiger partial charge in [0.05, 0.1) is 21.7 Å². The Kier molecular flexibility index (Phi) is 8.19. The van der Waals surface area contributed by atoms with E-state index in [-0.39, 0.29) is 22.6 Å². The zero-order chi connectivity index (χ0) is 25.0. The van der Waals surface area contributed by atoms with Gasteiger partial charge in [0.15, 0.2) is 5.16 Å². The number of aromatic nitrogens is 2. The standard InChI is InChI=1S/C26H34N4O3S2/c1-4-6-14-27-35(32,33)21-12-13-24-22(17-21)28-26(29(24)15-7-5-2)34-18-25(31)30-19(3)16-20-10-8-9-11-23(20)30/h8-13,17,19,27H,4-7,14-16,18H2,1-3H3/t19-/m1/s1. The van der Waals surface area contributed by atoms with Crippen molar-refractivity contribution in [1.29, 1.82) is 0 Å². The molecule has 1 N–H and O–H groups in total. The number of hydrogen-bond donors (Lipinski definition) is 1. The van der Waals surface area contributed by atoms with Crippen LogP contribution in [0.25, 0.3) is 11.0 Å². The second-order valence-electron chi connectivity index (χ2n) is 9.04. The number of thioether (sulfide) groups is 1.